The lowest BCUT2D eigenvalue weighted by Crippen LogP contribution is -2.42. The average molecular weight is 460 g/mol. The molecule has 1 aromatic carbocycles. The Morgan fingerprint density at radius 1 is 1.26 bits per heavy atom. The molecule has 9 nitrogen and oxygen atoms in total. The van der Waals surface area contributed by atoms with E-state index < -0.39 is 0 Å². The fourth-order valence-electron chi connectivity index (χ4n) is 5.54. The Morgan fingerprint density at radius 2 is 2.03 bits per heavy atom. The summed E-state index contributed by atoms with van der Waals surface area (Å²) in [4.78, 5) is 20.6. The molecule has 2 aliphatic rings. The second-order valence-electron chi connectivity index (χ2n) is 9.44. The number of fused-ring (bicyclic) bond motifs is 4. The molecule has 0 saturated carbocycles. The molecule has 0 aliphatic carbocycles. The molecule has 174 valence electrons. The van der Waals surface area contributed by atoms with Crippen LogP contribution in [0.25, 0.3) is 22.0 Å². The van der Waals surface area contributed by atoms with Crippen LogP contribution in [0.3, 0.4) is 0 Å². The SMILES string of the molecule is COc1cc2c3c(cnc2cc1-c1c(C)noc1C)N(C(C)c1cnn(C)c1)C(=O)[N+]31CC1C. The zero-order valence-corrected chi connectivity index (χ0v) is 20.2. The number of pyridine rings is 1. The van der Waals surface area contributed by atoms with Crippen LogP contribution in [0.15, 0.2) is 35.2 Å². The average Bonchev–Trinajstić information content (AvgIpc) is 3.07. The smallest absolute Gasteiger partial charge is 0.430 e. The Bertz CT molecular complexity index is 1470. The van der Waals surface area contributed by atoms with Crippen molar-refractivity contribution in [1.29, 1.82) is 0 Å². The summed E-state index contributed by atoms with van der Waals surface area (Å²) < 4.78 is 13.3. The normalized spacial score (nSPS) is 22.0. The van der Waals surface area contributed by atoms with E-state index in [0.29, 0.717) is 10.2 Å². The lowest BCUT2D eigenvalue weighted by molar-refractivity contribution is 0.235. The molecule has 3 aromatic heterocycles. The number of ether oxygens (including phenoxy) is 1. The van der Waals surface area contributed by atoms with Crippen molar-refractivity contribution < 1.29 is 14.1 Å². The van der Waals surface area contributed by atoms with Crippen molar-refractivity contribution in [3.05, 3.63) is 47.7 Å². The number of aromatic nitrogens is 4. The van der Waals surface area contributed by atoms with Crippen molar-refractivity contribution >= 4 is 28.3 Å². The van der Waals surface area contributed by atoms with Gasteiger partial charge in [0.05, 0.1) is 47.7 Å². The Morgan fingerprint density at radius 3 is 2.62 bits per heavy atom. The van der Waals surface area contributed by atoms with Crippen molar-refractivity contribution in [3.63, 3.8) is 0 Å². The van der Waals surface area contributed by atoms with Crippen molar-refractivity contribution in [1.82, 2.24) is 24.4 Å². The van der Waals surface area contributed by atoms with Gasteiger partial charge in [-0.15, -0.1) is 0 Å². The summed E-state index contributed by atoms with van der Waals surface area (Å²) in [5, 5.41) is 9.35. The topological polar surface area (TPSA) is 86.3 Å². The van der Waals surface area contributed by atoms with Crippen molar-refractivity contribution in [2.24, 2.45) is 7.05 Å². The van der Waals surface area contributed by atoms with Crippen LogP contribution in [0.4, 0.5) is 16.2 Å². The first-order valence-corrected chi connectivity index (χ1v) is 11.4. The lowest BCUT2D eigenvalue weighted by atomic mass is 10.00. The van der Waals surface area contributed by atoms with Gasteiger partial charge in [-0.2, -0.15) is 9.58 Å². The number of nitrogens with zero attached hydrogens (tertiary/aromatic N) is 6. The van der Waals surface area contributed by atoms with Gasteiger partial charge in [0, 0.05) is 24.4 Å². The molecular formula is C25H27N6O3+. The van der Waals surface area contributed by atoms with Gasteiger partial charge in [-0.1, -0.05) is 5.16 Å². The standard InChI is InChI=1S/C25H27N6O3/c1-13-12-31(13)24-18-8-22(33-6)19(23-14(2)28-34-16(23)4)7-20(18)26-10-21(24)30(25(31)32)15(3)17-9-27-29(5)11-17/h7-11,13,15H,12H2,1-6H3/q+1. The Hall–Kier alpha value is -3.72. The number of amides is 2. The third-order valence-corrected chi connectivity index (χ3v) is 7.42. The minimum Gasteiger partial charge on any atom is -0.496 e. The van der Waals surface area contributed by atoms with Crippen LogP contribution in [-0.4, -0.2) is 45.6 Å². The molecule has 1 saturated heterocycles. The van der Waals surface area contributed by atoms with Crippen LogP contribution in [0, 0.1) is 13.8 Å². The van der Waals surface area contributed by atoms with Crippen LogP contribution >= 0.6 is 0 Å². The first-order valence-electron chi connectivity index (χ1n) is 11.4. The summed E-state index contributed by atoms with van der Waals surface area (Å²) in [5.74, 6) is 1.43. The number of hydrogen-bond donors (Lipinski definition) is 0. The van der Waals surface area contributed by atoms with Crippen LogP contribution in [-0.2, 0) is 7.05 Å². The van der Waals surface area contributed by atoms with Crippen LogP contribution in [0.2, 0.25) is 0 Å². The predicted molar refractivity (Wildman–Crippen MR) is 129 cm³/mol. The summed E-state index contributed by atoms with van der Waals surface area (Å²) in [5.41, 5.74) is 6.25. The number of carbonyl (C=O) groups excluding carboxylic acids is 1. The van der Waals surface area contributed by atoms with Gasteiger partial charge >= 0.3 is 6.03 Å². The number of quaternary nitrogens is 1. The first kappa shape index (κ1) is 20.9. The highest BCUT2D eigenvalue weighted by atomic mass is 16.5. The summed E-state index contributed by atoms with van der Waals surface area (Å²) in [6.07, 6.45) is 5.61. The number of anilines is 1. The molecule has 4 aromatic rings. The minimum absolute atomic E-state index is 0.0851. The van der Waals surface area contributed by atoms with Crippen molar-refractivity contribution in [2.75, 3.05) is 18.6 Å². The summed E-state index contributed by atoms with van der Waals surface area (Å²) in [6.45, 7) is 8.75. The highest BCUT2D eigenvalue weighted by Gasteiger charge is 2.68. The highest BCUT2D eigenvalue weighted by molar-refractivity contribution is 6.19. The quantitative estimate of drug-likeness (QED) is 0.326. The molecule has 0 bridgehead atoms. The molecule has 5 heterocycles. The number of carbonyl (C=O) groups is 1. The molecule has 3 unspecified atom stereocenters. The van der Waals surface area contributed by atoms with E-state index in [1.807, 2.05) is 63.4 Å². The molecule has 1 spiro atoms. The van der Waals surface area contributed by atoms with Gasteiger partial charge in [0.2, 0.25) is 0 Å². The summed E-state index contributed by atoms with van der Waals surface area (Å²) in [6, 6.07) is 4.16. The van der Waals surface area contributed by atoms with E-state index in [4.69, 9.17) is 14.2 Å². The fourth-order valence-corrected chi connectivity index (χ4v) is 5.54. The number of hydrogen-bond acceptors (Lipinski definition) is 6. The van der Waals surface area contributed by atoms with Crippen LogP contribution in [0.5, 0.6) is 5.75 Å². The predicted octanol–water partition coefficient (Wildman–Crippen LogP) is 4.66. The lowest BCUT2D eigenvalue weighted by Gasteiger charge is -2.21. The van der Waals surface area contributed by atoms with Gasteiger partial charge in [-0.05, 0) is 39.8 Å². The molecule has 0 N–H and O–H groups in total. The van der Waals surface area contributed by atoms with E-state index in [1.54, 1.807) is 11.8 Å². The molecule has 9 heteroatoms. The largest absolute Gasteiger partial charge is 0.496 e. The van der Waals surface area contributed by atoms with Gasteiger partial charge < -0.3 is 9.26 Å². The van der Waals surface area contributed by atoms with Crippen molar-refractivity contribution in [2.45, 2.75) is 39.8 Å². The van der Waals surface area contributed by atoms with E-state index in [0.717, 1.165) is 57.0 Å². The molecule has 2 amide bonds. The number of aryl methyl sites for hydroxylation is 3. The number of benzene rings is 1. The zero-order valence-electron chi connectivity index (χ0n) is 20.2. The monoisotopic (exact) mass is 459 g/mol. The van der Waals surface area contributed by atoms with Gasteiger partial charge in [-0.25, -0.2) is 9.69 Å². The second-order valence-corrected chi connectivity index (χ2v) is 9.44. The van der Waals surface area contributed by atoms with E-state index in [-0.39, 0.29) is 18.1 Å². The van der Waals surface area contributed by atoms with E-state index in [2.05, 4.69) is 17.2 Å². The van der Waals surface area contributed by atoms with E-state index >= 15 is 0 Å². The molecule has 34 heavy (non-hydrogen) atoms. The van der Waals surface area contributed by atoms with E-state index in [1.165, 1.54) is 0 Å². The summed E-state index contributed by atoms with van der Waals surface area (Å²) in [7, 11) is 3.54. The van der Waals surface area contributed by atoms with Gasteiger partial charge in [0.15, 0.2) is 11.7 Å². The maximum absolute atomic E-state index is 13.9. The van der Waals surface area contributed by atoms with Crippen LogP contribution < -0.4 is 14.1 Å². The highest BCUT2D eigenvalue weighted by Crippen LogP contribution is 2.57. The maximum atomic E-state index is 13.9. The van der Waals surface area contributed by atoms with Gasteiger partial charge in [0.25, 0.3) is 0 Å². The Balaban J connectivity index is 1.59. The molecular weight excluding hydrogens is 432 g/mol. The van der Waals surface area contributed by atoms with Crippen LogP contribution in [0.1, 0.15) is 36.9 Å². The maximum Gasteiger partial charge on any atom is 0.430 e. The third-order valence-electron chi connectivity index (χ3n) is 7.42. The van der Waals surface area contributed by atoms with Crippen molar-refractivity contribution in [3.8, 4) is 16.9 Å². The number of rotatable bonds is 4. The second kappa shape index (κ2) is 6.89. The van der Waals surface area contributed by atoms with Gasteiger partial charge in [-0.3, -0.25) is 9.67 Å². The fraction of sp³-hybridized carbons (Fsp3) is 0.360. The number of methoxy groups -OCH3 is 1. The number of urea groups is 1. The van der Waals surface area contributed by atoms with E-state index in [9.17, 15) is 4.79 Å². The molecule has 2 aliphatic heterocycles. The first-order chi connectivity index (χ1) is 16.3. The Kier molecular flexibility index (Phi) is 4.23. The van der Waals surface area contributed by atoms with Gasteiger partial charge in [0.1, 0.15) is 23.7 Å². The molecule has 6 rings (SSSR count). The minimum atomic E-state index is -0.159. The molecule has 1 fully saturated rings. The molecule has 3 atom stereocenters. The Labute approximate surface area is 197 Å². The zero-order chi connectivity index (χ0) is 23.9. The molecule has 0 radical (unpaired) electrons. The third kappa shape index (κ3) is 2.58. The summed E-state index contributed by atoms with van der Waals surface area (Å²) >= 11 is 0.